The van der Waals surface area contributed by atoms with E-state index in [9.17, 15) is 0 Å². The Labute approximate surface area is 99.8 Å². The molecule has 0 saturated heterocycles. The van der Waals surface area contributed by atoms with E-state index in [1.165, 1.54) is 22.9 Å². The maximum Gasteiger partial charge on any atom is 0.0457 e. The molecule has 1 aliphatic carbocycles. The summed E-state index contributed by atoms with van der Waals surface area (Å²) < 4.78 is 0. The number of H-pyrrole nitrogens is 1. The molecule has 2 aromatic rings. The lowest BCUT2D eigenvalue weighted by Gasteiger charge is -2.08. The minimum Gasteiger partial charge on any atom is -0.361 e. The number of halogens is 1. The third kappa shape index (κ3) is 1.62. The van der Waals surface area contributed by atoms with Crippen LogP contribution in [0.1, 0.15) is 30.7 Å². The molecule has 84 valence electrons. The van der Waals surface area contributed by atoms with E-state index in [0.29, 0.717) is 12.0 Å². The van der Waals surface area contributed by atoms with Crippen LogP contribution in [0.15, 0.2) is 24.4 Å². The molecule has 1 aromatic carbocycles. The molecule has 1 aromatic heterocycles. The van der Waals surface area contributed by atoms with Crippen LogP contribution in [0.5, 0.6) is 0 Å². The van der Waals surface area contributed by atoms with Gasteiger partial charge in [0.2, 0.25) is 0 Å². The molecule has 2 nitrogen and oxygen atoms in total. The highest BCUT2D eigenvalue weighted by atomic mass is 35.5. The van der Waals surface area contributed by atoms with Crippen molar-refractivity contribution < 1.29 is 0 Å². The number of hydrogen-bond acceptors (Lipinski definition) is 1. The topological polar surface area (TPSA) is 41.8 Å². The minimum absolute atomic E-state index is 0.370. The monoisotopic (exact) mass is 234 g/mol. The second-order valence-corrected chi connectivity index (χ2v) is 5.14. The van der Waals surface area contributed by atoms with E-state index in [1.807, 2.05) is 18.2 Å². The zero-order valence-corrected chi connectivity index (χ0v) is 9.80. The highest BCUT2D eigenvalue weighted by Crippen LogP contribution is 2.37. The average molecular weight is 235 g/mol. The first-order valence-corrected chi connectivity index (χ1v) is 6.14. The Morgan fingerprint density at radius 2 is 2.19 bits per heavy atom. The van der Waals surface area contributed by atoms with Crippen LogP contribution in [0.25, 0.3) is 10.9 Å². The third-order valence-corrected chi connectivity index (χ3v) is 3.82. The number of nitrogens with two attached hydrogens (primary N) is 1. The normalized spacial score (nSPS) is 25.4. The van der Waals surface area contributed by atoms with E-state index < -0.39 is 0 Å². The van der Waals surface area contributed by atoms with Crippen molar-refractivity contribution in [2.75, 3.05) is 0 Å². The van der Waals surface area contributed by atoms with E-state index in [2.05, 4.69) is 11.2 Å². The van der Waals surface area contributed by atoms with Crippen LogP contribution in [0.4, 0.5) is 0 Å². The summed E-state index contributed by atoms with van der Waals surface area (Å²) in [7, 11) is 0. The smallest absolute Gasteiger partial charge is 0.0457 e. The SMILES string of the molecule is NC1CCC(c2c[nH]c3ccc(Cl)cc23)C1. The second-order valence-electron chi connectivity index (χ2n) is 4.70. The molecule has 1 heterocycles. The van der Waals surface area contributed by atoms with Crippen LogP contribution in [0.3, 0.4) is 0 Å². The maximum absolute atomic E-state index is 6.04. The van der Waals surface area contributed by atoms with Crippen LogP contribution in [-0.2, 0) is 0 Å². The van der Waals surface area contributed by atoms with Crippen LogP contribution in [0.2, 0.25) is 5.02 Å². The zero-order chi connectivity index (χ0) is 11.1. The van der Waals surface area contributed by atoms with Gasteiger partial charge in [-0.25, -0.2) is 0 Å². The van der Waals surface area contributed by atoms with Gasteiger partial charge in [0.05, 0.1) is 0 Å². The van der Waals surface area contributed by atoms with Gasteiger partial charge in [0.25, 0.3) is 0 Å². The summed E-state index contributed by atoms with van der Waals surface area (Å²) >= 11 is 6.04. The van der Waals surface area contributed by atoms with Crippen molar-refractivity contribution >= 4 is 22.5 Å². The van der Waals surface area contributed by atoms with Crippen LogP contribution in [0, 0.1) is 0 Å². The van der Waals surface area contributed by atoms with Gasteiger partial charge < -0.3 is 10.7 Å². The quantitative estimate of drug-likeness (QED) is 0.780. The van der Waals surface area contributed by atoms with E-state index in [1.54, 1.807) is 0 Å². The average Bonchev–Trinajstić information content (AvgIpc) is 2.83. The fraction of sp³-hybridized carbons (Fsp3) is 0.385. The Morgan fingerprint density at radius 3 is 2.94 bits per heavy atom. The van der Waals surface area contributed by atoms with Crippen molar-refractivity contribution in [2.24, 2.45) is 5.73 Å². The van der Waals surface area contributed by atoms with Crippen molar-refractivity contribution in [3.8, 4) is 0 Å². The first-order valence-electron chi connectivity index (χ1n) is 5.76. The molecule has 3 heteroatoms. The summed E-state index contributed by atoms with van der Waals surface area (Å²) in [6.45, 7) is 0. The summed E-state index contributed by atoms with van der Waals surface area (Å²) in [4.78, 5) is 3.31. The Kier molecular flexibility index (Phi) is 2.41. The van der Waals surface area contributed by atoms with Crippen molar-refractivity contribution in [3.05, 3.63) is 35.0 Å². The lowest BCUT2D eigenvalue weighted by Crippen LogP contribution is -2.14. The number of aromatic amines is 1. The maximum atomic E-state index is 6.04. The van der Waals surface area contributed by atoms with Gasteiger partial charge in [0.15, 0.2) is 0 Å². The molecule has 1 saturated carbocycles. The van der Waals surface area contributed by atoms with Gasteiger partial charge in [-0.3, -0.25) is 0 Å². The fourth-order valence-corrected chi connectivity index (χ4v) is 2.92. The lowest BCUT2D eigenvalue weighted by atomic mass is 9.97. The summed E-state index contributed by atoms with van der Waals surface area (Å²) in [5, 5.41) is 2.06. The predicted molar refractivity (Wildman–Crippen MR) is 67.9 cm³/mol. The number of rotatable bonds is 1. The molecule has 0 spiro atoms. The predicted octanol–water partition coefficient (Wildman–Crippen LogP) is 3.42. The molecule has 0 aliphatic heterocycles. The number of fused-ring (bicyclic) bond motifs is 1. The summed E-state index contributed by atoms with van der Waals surface area (Å²) in [6, 6.07) is 6.38. The second kappa shape index (κ2) is 3.79. The molecule has 0 bridgehead atoms. The molecule has 1 fully saturated rings. The fourth-order valence-electron chi connectivity index (χ4n) is 2.75. The summed E-state index contributed by atoms with van der Waals surface area (Å²) in [5.41, 5.74) is 8.52. The molecular weight excluding hydrogens is 220 g/mol. The Bertz CT molecular complexity index is 518. The standard InChI is InChI=1S/C13H15ClN2/c14-9-2-4-13-11(6-9)12(7-16-13)8-1-3-10(15)5-8/h2,4,6-8,10,16H,1,3,5,15H2. The number of hydrogen-bond donors (Lipinski definition) is 2. The van der Waals surface area contributed by atoms with E-state index >= 15 is 0 Å². The van der Waals surface area contributed by atoms with Gasteiger partial charge in [-0.05, 0) is 48.9 Å². The molecular formula is C13H15ClN2. The third-order valence-electron chi connectivity index (χ3n) is 3.59. The van der Waals surface area contributed by atoms with Crippen molar-refractivity contribution in [1.82, 2.24) is 4.98 Å². The minimum atomic E-state index is 0.370. The Hall–Kier alpha value is -0.990. The summed E-state index contributed by atoms with van der Waals surface area (Å²) in [5.74, 6) is 0.599. The highest BCUT2D eigenvalue weighted by molar-refractivity contribution is 6.31. The first-order chi connectivity index (χ1) is 7.74. The van der Waals surface area contributed by atoms with Gasteiger partial charge in [-0.15, -0.1) is 0 Å². The van der Waals surface area contributed by atoms with E-state index in [0.717, 1.165) is 17.9 Å². The highest BCUT2D eigenvalue weighted by Gasteiger charge is 2.25. The molecule has 2 atom stereocenters. The van der Waals surface area contributed by atoms with Crippen LogP contribution >= 0.6 is 11.6 Å². The van der Waals surface area contributed by atoms with Crippen LogP contribution < -0.4 is 5.73 Å². The first kappa shape index (κ1) is 10.2. The lowest BCUT2D eigenvalue weighted by molar-refractivity contribution is 0.677. The van der Waals surface area contributed by atoms with Gasteiger partial charge in [0.1, 0.15) is 0 Å². The van der Waals surface area contributed by atoms with Gasteiger partial charge in [-0.1, -0.05) is 11.6 Å². The molecule has 16 heavy (non-hydrogen) atoms. The van der Waals surface area contributed by atoms with Crippen LogP contribution in [-0.4, -0.2) is 11.0 Å². The van der Waals surface area contributed by atoms with Crippen molar-refractivity contribution in [1.29, 1.82) is 0 Å². The Morgan fingerprint density at radius 1 is 1.31 bits per heavy atom. The Balaban J connectivity index is 2.06. The largest absolute Gasteiger partial charge is 0.361 e. The molecule has 3 rings (SSSR count). The van der Waals surface area contributed by atoms with Crippen molar-refractivity contribution in [3.63, 3.8) is 0 Å². The molecule has 0 amide bonds. The molecule has 0 radical (unpaired) electrons. The zero-order valence-electron chi connectivity index (χ0n) is 9.04. The molecule has 3 N–H and O–H groups in total. The van der Waals surface area contributed by atoms with Crippen molar-refractivity contribution in [2.45, 2.75) is 31.2 Å². The number of nitrogens with one attached hydrogen (secondary N) is 1. The van der Waals surface area contributed by atoms with E-state index in [-0.39, 0.29) is 0 Å². The van der Waals surface area contributed by atoms with Gasteiger partial charge in [-0.2, -0.15) is 0 Å². The number of aromatic nitrogens is 1. The van der Waals surface area contributed by atoms with Gasteiger partial charge in [0, 0.05) is 28.2 Å². The molecule has 1 aliphatic rings. The number of benzene rings is 1. The van der Waals surface area contributed by atoms with Gasteiger partial charge >= 0.3 is 0 Å². The molecule has 2 unspecified atom stereocenters. The van der Waals surface area contributed by atoms with E-state index in [4.69, 9.17) is 17.3 Å². The summed E-state index contributed by atoms with van der Waals surface area (Å²) in [6.07, 6.45) is 5.54.